The van der Waals surface area contributed by atoms with Crippen LogP contribution < -0.4 is 4.90 Å². The Labute approximate surface area is 173 Å². The third kappa shape index (κ3) is 3.12. The molecule has 7 heteroatoms. The Bertz CT molecular complexity index is 1120. The van der Waals surface area contributed by atoms with Crippen LogP contribution in [0.2, 0.25) is 0 Å². The maximum atomic E-state index is 12.9. The SMILES string of the molecule is O=C(c1ccc2cc[nH]c2c1)N1CCC(N2CC(=O)N(c3ccccc3)C2=O)CC1. The Morgan fingerprint density at radius 2 is 1.73 bits per heavy atom. The Balaban J connectivity index is 1.25. The molecule has 1 aromatic heterocycles. The number of carbonyl (C=O) groups excluding carboxylic acids is 3. The second-order valence-electron chi connectivity index (χ2n) is 7.78. The molecule has 7 nitrogen and oxygen atoms in total. The lowest BCUT2D eigenvalue weighted by Crippen LogP contribution is -2.48. The van der Waals surface area contributed by atoms with E-state index < -0.39 is 0 Å². The number of nitrogens with one attached hydrogen (secondary N) is 1. The van der Waals surface area contributed by atoms with Crippen LogP contribution in [-0.2, 0) is 4.79 Å². The lowest BCUT2D eigenvalue weighted by molar-refractivity contribution is -0.116. The van der Waals surface area contributed by atoms with Gasteiger partial charge in [-0.1, -0.05) is 24.3 Å². The van der Waals surface area contributed by atoms with E-state index in [1.54, 1.807) is 17.0 Å². The summed E-state index contributed by atoms with van der Waals surface area (Å²) < 4.78 is 0. The summed E-state index contributed by atoms with van der Waals surface area (Å²) in [6.07, 6.45) is 3.19. The average Bonchev–Trinajstić information content (AvgIpc) is 3.37. The number of para-hydroxylation sites is 1. The van der Waals surface area contributed by atoms with Crippen molar-refractivity contribution in [2.75, 3.05) is 24.5 Å². The number of fused-ring (bicyclic) bond motifs is 1. The van der Waals surface area contributed by atoms with Crippen LogP contribution in [0.3, 0.4) is 0 Å². The summed E-state index contributed by atoms with van der Waals surface area (Å²) in [6, 6.07) is 16.4. The van der Waals surface area contributed by atoms with Crippen molar-refractivity contribution in [3.05, 3.63) is 66.4 Å². The van der Waals surface area contributed by atoms with Crippen LogP contribution in [0.5, 0.6) is 0 Å². The van der Waals surface area contributed by atoms with Crippen molar-refractivity contribution in [1.29, 1.82) is 0 Å². The van der Waals surface area contributed by atoms with Crippen LogP contribution in [0.25, 0.3) is 10.9 Å². The van der Waals surface area contributed by atoms with E-state index in [9.17, 15) is 14.4 Å². The van der Waals surface area contributed by atoms with Gasteiger partial charge in [0, 0.05) is 36.4 Å². The van der Waals surface area contributed by atoms with Crippen molar-refractivity contribution in [3.63, 3.8) is 0 Å². The number of aromatic nitrogens is 1. The predicted octanol–water partition coefficient (Wildman–Crippen LogP) is 3.24. The molecule has 0 aliphatic carbocycles. The largest absolute Gasteiger partial charge is 0.361 e. The molecule has 0 spiro atoms. The number of likely N-dealkylation sites (tertiary alicyclic amines) is 1. The maximum absolute atomic E-state index is 12.9. The van der Waals surface area contributed by atoms with Gasteiger partial charge in [-0.05, 0) is 48.6 Å². The van der Waals surface area contributed by atoms with Gasteiger partial charge in [0.15, 0.2) is 0 Å². The number of aromatic amines is 1. The summed E-state index contributed by atoms with van der Waals surface area (Å²) in [5.74, 6) is -0.205. The molecule has 3 aromatic rings. The summed E-state index contributed by atoms with van der Waals surface area (Å²) in [5.41, 5.74) is 2.20. The van der Waals surface area contributed by atoms with E-state index in [0.29, 0.717) is 37.2 Å². The molecule has 2 aliphatic rings. The average molecular weight is 402 g/mol. The molecular weight excluding hydrogens is 380 g/mol. The molecule has 152 valence electrons. The molecule has 0 saturated carbocycles. The number of H-pyrrole nitrogens is 1. The third-order valence-electron chi connectivity index (χ3n) is 6.00. The molecule has 2 saturated heterocycles. The standard InChI is InChI=1S/C23H22N4O3/c28-21-15-26(23(30)27(21)19-4-2-1-3-5-19)18-9-12-25(13-10-18)22(29)17-7-6-16-8-11-24-20(16)14-17/h1-8,11,14,18,24H,9-10,12-13,15H2. The van der Waals surface area contributed by atoms with Crippen LogP contribution in [0.1, 0.15) is 23.2 Å². The molecule has 2 fully saturated rings. The van der Waals surface area contributed by atoms with Crippen LogP contribution in [-0.4, -0.2) is 58.3 Å². The molecule has 2 aromatic carbocycles. The molecule has 0 atom stereocenters. The molecule has 0 radical (unpaired) electrons. The lowest BCUT2D eigenvalue weighted by Gasteiger charge is -2.36. The van der Waals surface area contributed by atoms with Gasteiger partial charge in [0.25, 0.3) is 11.8 Å². The maximum Gasteiger partial charge on any atom is 0.332 e. The summed E-state index contributed by atoms with van der Waals surface area (Å²) in [6.45, 7) is 1.22. The first-order valence-electron chi connectivity index (χ1n) is 10.2. The number of rotatable bonds is 3. The van der Waals surface area contributed by atoms with Crippen molar-refractivity contribution >= 4 is 34.4 Å². The van der Waals surface area contributed by atoms with E-state index in [-0.39, 0.29) is 30.4 Å². The van der Waals surface area contributed by atoms with Crippen molar-refractivity contribution in [2.24, 2.45) is 0 Å². The van der Waals surface area contributed by atoms with E-state index in [4.69, 9.17) is 0 Å². The third-order valence-corrected chi connectivity index (χ3v) is 6.00. The Hall–Kier alpha value is -3.61. The zero-order valence-corrected chi connectivity index (χ0v) is 16.5. The first-order valence-corrected chi connectivity index (χ1v) is 10.2. The van der Waals surface area contributed by atoms with Gasteiger partial charge >= 0.3 is 6.03 Å². The number of hydrogen-bond acceptors (Lipinski definition) is 3. The predicted molar refractivity (Wildman–Crippen MR) is 113 cm³/mol. The van der Waals surface area contributed by atoms with Gasteiger partial charge < -0.3 is 14.8 Å². The second kappa shape index (κ2) is 7.33. The molecule has 2 aliphatic heterocycles. The number of benzene rings is 2. The number of amides is 4. The molecule has 1 N–H and O–H groups in total. The minimum absolute atomic E-state index is 0.000290. The van der Waals surface area contributed by atoms with Crippen molar-refractivity contribution in [3.8, 4) is 0 Å². The van der Waals surface area contributed by atoms with Gasteiger partial charge in [-0.15, -0.1) is 0 Å². The summed E-state index contributed by atoms with van der Waals surface area (Å²) in [5, 5.41) is 1.07. The molecule has 0 unspecified atom stereocenters. The zero-order valence-electron chi connectivity index (χ0n) is 16.5. The minimum Gasteiger partial charge on any atom is -0.361 e. The van der Waals surface area contributed by atoms with Crippen molar-refractivity contribution < 1.29 is 14.4 Å². The normalized spacial score (nSPS) is 17.9. The van der Waals surface area contributed by atoms with E-state index in [2.05, 4.69) is 4.98 Å². The number of carbonyl (C=O) groups is 3. The second-order valence-corrected chi connectivity index (χ2v) is 7.78. The van der Waals surface area contributed by atoms with Gasteiger partial charge in [0.2, 0.25) is 0 Å². The number of hydrogen-bond donors (Lipinski definition) is 1. The fourth-order valence-electron chi connectivity index (χ4n) is 4.38. The van der Waals surface area contributed by atoms with Crippen LogP contribution >= 0.6 is 0 Å². The Kier molecular flexibility index (Phi) is 4.50. The number of imide groups is 1. The van der Waals surface area contributed by atoms with Gasteiger partial charge in [-0.25, -0.2) is 9.69 Å². The number of piperidine rings is 1. The van der Waals surface area contributed by atoms with E-state index in [1.165, 1.54) is 4.90 Å². The molecule has 4 amide bonds. The van der Waals surface area contributed by atoms with Crippen LogP contribution in [0, 0.1) is 0 Å². The highest BCUT2D eigenvalue weighted by Crippen LogP contribution is 2.27. The number of urea groups is 1. The molecule has 0 bridgehead atoms. The number of nitrogens with zero attached hydrogens (tertiary/aromatic N) is 3. The Morgan fingerprint density at radius 3 is 2.50 bits per heavy atom. The smallest absolute Gasteiger partial charge is 0.332 e. The van der Waals surface area contributed by atoms with Crippen molar-refractivity contribution in [1.82, 2.24) is 14.8 Å². The van der Waals surface area contributed by atoms with E-state index in [1.807, 2.05) is 53.6 Å². The first-order chi connectivity index (χ1) is 14.6. The topological polar surface area (TPSA) is 76.7 Å². The van der Waals surface area contributed by atoms with Crippen molar-refractivity contribution in [2.45, 2.75) is 18.9 Å². The fourth-order valence-corrected chi connectivity index (χ4v) is 4.38. The highest BCUT2D eigenvalue weighted by Gasteiger charge is 2.41. The monoisotopic (exact) mass is 402 g/mol. The number of anilines is 1. The Morgan fingerprint density at radius 1 is 0.967 bits per heavy atom. The molecule has 30 heavy (non-hydrogen) atoms. The lowest BCUT2D eigenvalue weighted by atomic mass is 10.0. The summed E-state index contributed by atoms with van der Waals surface area (Å²) >= 11 is 0. The van der Waals surface area contributed by atoms with Crippen LogP contribution in [0.15, 0.2) is 60.8 Å². The highest BCUT2D eigenvalue weighted by atomic mass is 16.2. The van der Waals surface area contributed by atoms with Gasteiger partial charge in [-0.2, -0.15) is 0 Å². The molecule has 3 heterocycles. The van der Waals surface area contributed by atoms with Gasteiger partial charge in [0.1, 0.15) is 6.54 Å². The van der Waals surface area contributed by atoms with E-state index >= 15 is 0 Å². The van der Waals surface area contributed by atoms with Gasteiger partial charge in [0.05, 0.1) is 5.69 Å². The quantitative estimate of drug-likeness (QED) is 0.684. The molecule has 5 rings (SSSR count). The zero-order chi connectivity index (χ0) is 20.7. The summed E-state index contributed by atoms with van der Waals surface area (Å²) in [7, 11) is 0. The molecular formula is C23H22N4O3. The van der Waals surface area contributed by atoms with E-state index in [0.717, 1.165) is 10.9 Å². The van der Waals surface area contributed by atoms with Crippen LogP contribution in [0.4, 0.5) is 10.5 Å². The first kappa shape index (κ1) is 18.4. The summed E-state index contributed by atoms with van der Waals surface area (Å²) in [4.78, 5) is 46.2. The minimum atomic E-state index is -0.270. The van der Waals surface area contributed by atoms with Gasteiger partial charge in [-0.3, -0.25) is 9.59 Å². The highest BCUT2D eigenvalue weighted by molar-refractivity contribution is 6.19. The fraction of sp³-hybridized carbons (Fsp3) is 0.261.